The smallest absolute Gasteiger partial charge is 0.408 e. The number of nitrogens with zero attached hydrogens (tertiary/aromatic N) is 1. The highest BCUT2D eigenvalue weighted by atomic mass is 16.5. The van der Waals surface area contributed by atoms with Crippen LogP contribution in [0.1, 0.15) is 38.7 Å². The molecule has 4 N–H and O–H groups in total. The van der Waals surface area contributed by atoms with Gasteiger partial charge in [0.25, 0.3) is 0 Å². The van der Waals surface area contributed by atoms with Gasteiger partial charge in [0.15, 0.2) is 0 Å². The number of likely N-dealkylation sites (tertiary alicyclic amines) is 1. The van der Waals surface area contributed by atoms with Crippen molar-refractivity contribution in [1.29, 1.82) is 0 Å². The number of rotatable bonds is 10. The molecule has 0 spiro atoms. The monoisotopic (exact) mass is 405 g/mol. The van der Waals surface area contributed by atoms with Crippen LogP contribution in [0.2, 0.25) is 0 Å². The maximum Gasteiger partial charge on any atom is 0.408 e. The highest BCUT2D eigenvalue weighted by Crippen LogP contribution is 2.33. The third kappa shape index (κ3) is 6.19. The molecule has 1 heterocycles. The molecule has 0 aliphatic carbocycles. The van der Waals surface area contributed by atoms with Crippen LogP contribution in [0.4, 0.5) is 4.79 Å². The van der Waals surface area contributed by atoms with Gasteiger partial charge in [-0.2, -0.15) is 0 Å². The van der Waals surface area contributed by atoms with Crippen LogP contribution in [0, 0.1) is 5.92 Å². The maximum atomic E-state index is 13.4. The molecular weight excluding hydrogens is 374 g/mol. The number of carbonyl (C=O) groups excluding carboxylic acids is 2. The first-order valence-corrected chi connectivity index (χ1v) is 9.96. The minimum atomic E-state index is -1.16. The largest absolute Gasteiger partial charge is 0.465 e. The Morgan fingerprint density at radius 3 is 2.55 bits per heavy atom. The topological polar surface area (TPSA) is 122 Å². The number of amides is 3. The van der Waals surface area contributed by atoms with E-state index in [1.54, 1.807) is 0 Å². The van der Waals surface area contributed by atoms with E-state index in [1.807, 2.05) is 44.2 Å². The fourth-order valence-corrected chi connectivity index (χ4v) is 3.95. The van der Waals surface area contributed by atoms with Gasteiger partial charge in [0.05, 0.1) is 12.6 Å². The Bertz CT molecular complexity index is 710. The van der Waals surface area contributed by atoms with Crippen molar-refractivity contribution in [2.75, 3.05) is 19.8 Å². The summed E-state index contributed by atoms with van der Waals surface area (Å²) in [4.78, 5) is 37.5. The molecule has 160 valence electrons. The number of nitrogens with two attached hydrogens (primary N) is 1. The number of hydrogen-bond acceptors (Lipinski definition) is 4. The summed E-state index contributed by atoms with van der Waals surface area (Å²) in [7, 11) is 0. The molecule has 1 fully saturated rings. The molecule has 1 aromatic rings. The fourth-order valence-electron chi connectivity index (χ4n) is 3.95. The molecule has 8 heteroatoms. The molecular formula is C21H31N3O5. The van der Waals surface area contributed by atoms with Crippen molar-refractivity contribution in [3.8, 4) is 0 Å². The van der Waals surface area contributed by atoms with Crippen molar-refractivity contribution >= 4 is 17.9 Å². The lowest BCUT2D eigenvalue weighted by Crippen LogP contribution is -2.60. The average molecular weight is 405 g/mol. The maximum absolute atomic E-state index is 13.4. The highest BCUT2D eigenvalue weighted by Gasteiger charge is 2.50. The predicted octanol–water partition coefficient (Wildman–Crippen LogP) is 1.77. The van der Waals surface area contributed by atoms with Gasteiger partial charge in [0, 0.05) is 13.0 Å². The second kappa shape index (κ2) is 10.2. The first-order valence-electron chi connectivity index (χ1n) is 9.96. The minimum absolute atomic E-state index is 0.140. The van der Waals surface area contributed by atoms with Gasteiger partial charge in [-0.15, -0.1) is 0 Å². The molecule has 2 atom stereocenters. The average Bonchev–Trinajstić information content (AvgIpc) is 3.06. The molecule has 1 aliphatic heterocycles. The second-order valence-electron chi connectivity index (χ2n) is 8.01. The Kier molecular flexibility index (Phi) is 8.01. The van der Waals surface area contributed by atoms with Gasteiger partial charge in [-0.05, 0) is 30.7 Å². The van der Waals surface area contributed by atoms with Crippen molar-refractivity contribution in [1.82, 2.24) is 10.2 Å². The van der Waals surface area contributed by atoms with Crippen LogP contribution < -0.4 is 11.1 Å². The molecule has 3 amide bonds. The first-order chi connectivity index (χ1) is 13.7. The van der Waals surface area contributed by atoms with E-state index in [-0.39, 0.29) is 31.1 Å². The molecule has 0 saturated carbocycles. The summed E-state index contributed by atoms with van der Waals surface area (Å²) in [6.45, 7) is 4.28. The van der Waals surface area contributed by atoms with Crippen molar-refractivity contribution in [3.05, 3.63) is 35.9 Å². The summed E-state index contributed by atoms with van der Waals surface area (Å²) in [5.74, 6) is -0.621. The molecule has 2 unspecified atom stereocenters. The normalized spacial score (nSPS) is 19.9. The molecule has 0 radical (unpaired) electrons. The molecule has 2 rings (SSSR count). The van der Waals surface area contributed by atoms with E-state index >= 15 is 0 Å². The SMILES string of the molecule is CC(C)CC(COCC(N)=O)NC(=O)C1(Cc2ccccc2)CCCN1C(=O)O. The van der Waals surface area contributed by atoms with Gasteiger partial charge >= 0.3 is 6.09 Å². The molecule has 1 aromatic carbocycles. The van der Waals surface area contributed by atoms with Crippen molar-refractivity contribution in [2.45, 2.75) is 51.1 Å². The summed E-state index contributed by atoms with van der Waals surface area (Å²) >= 11 is 0. The lowest BCUT2D eigenvalue weighted by molar-refractivity contribution is -0.132. The van der Waals surface area contributed by atoms with E-state index < -0.39 is 17.5 Å². The number of carbonyl (C=O) groups is 3. The Hall–Kier alpha value is -2.61. The third-order valence-electron chi connectivity index (χ3n) is 5.14. The van der Waals surface area contributed by atoms with Crippen LogP contribution >= 0.6 is 0 Å². The van der Waals surface area contributed by atoms with Gasteiger partial charge < -0.3 is 20.9 Å². The summed E-state index contributed by atoms with van der Waals surface area (Å²) in [5.41, 5.74) is 4.86. The molecule has 8 nitrogen and oxygen atoms in total. The zero-order valence-corrected chi connectivity index (χ0v) is 17.1. The van der Waals surface area contributed by atoms with E-state index in [9.17, 15) is 19.5 Å². The predicted molar refractivity (Wildman–Crippen MR) is 108 cm³/mol. The summed E-state index contributed by atoms with van der Waals surface area (Å²) in [6, 6.07) is 9.09. The summed E-state index contributed by atoms with van der Waals surface area (Å²) in [5, 5.41) is 12.7. The lowest BCUT2D eigenvalue weighted by Gasteiger charge is -2.37. The van der Waals surface area contributed by atoms with Crippen LogP contribution in [-0.2, 0) is 20.7 Å². The number of benzene rings is 1. The third-order valence-corrected chi connectivity index (χ3v) is 5.14. The van der Waals surface area contributed by atoms with E-state index in [2.05, 4.69) is 5.32 Å². The Morgan fingerprint density at radius 1 is 1.28 bits per heavy atom. The van der Waals surface area contributed by atoms with Crippen molar-refractivity contribution in [3.63, 3.8) is 0 Å². The number of hydrogen-bond donors (Lipinski definition) is 3. The number of carboxylic acid groups (broad SMARTS) is 1. The fraction of sp³-hybridized carbons (Fsp3) is 0.571. The number of nitrogens with one attached hydrogen (secondary N) is 1. The van der Waals surface area contributed by atoms with Gasteiger partial charge in [-0.25, -0.2) is 4.79 Å². The quantitative estimate of drug-likeness (QED) is 0.548. The number of primary amides is 1. The van der Waals surface area contributed by atoms with Gasteiger partial charge in [0.2, 0.25) is 11.8 Å². The Labute approximate surface area is 171 Å². The van der Waals surface area contributed by atoms with E-state index in [4.69, 9.17) is 10.5 Å². The van der Waals surface area contributed by atoms with E-state index in [1.165, 1.54) is 4.90 Å². The zero-order chi connectivity index (χ0) is 21.4. The van der Waals surface area contributed by atoms with E-state index in [0.29, 0.717) is 32.2 Å². The van der Waals surface area contributed by atoms with Crippen LogP contribution in [0.5, 0.6) is 0 Å². The standard InChI is InChI=1S/C21H31N3O5/c1-15(2)11-17(13-29-14-18(22)25)23-19(26)21(9-6-10-24(21)20(27)28)12-16-7-4-3-5-8-16/h3-5,7-8,15,17H,6,9-14H2,1-2H3,(H2,22,25)(H,23,26)(H,27,28). The minimum Gasteiger partial charge on any atom is -0.465 e. The van der Waals surface area contributed by atoms with Gasteiger partial charge in [0.1, 0.15) is 12.1 Å². The summed E-state index contributed by atoms with van der Waals surface area (Å²) < 4.78 is 5.33. The van der Waals surface area contributed by atoms with Crippen molar-refractivity contribution < 1.29 is 24.2 Å². The molecule has 0 bridgehead atoms. The van der Waals surface area contributed by atoms with Gasteiger partial charge in [-0.3, -0.25) is 14.5 Å². The summed E-state index contributed by atoms with van der Waals surface area (Å²) in [6.07, 6.45) is 0.927. The second-order valence-corrected chi connectivity index (χ2v) is 8.01. The highest BCUT2D eigenvalue weighted by molar-refractivity contribution is 5.91. The lowest BCUT2D eigenvalue weighted by atomic mass is 9.86. The Morgan fingerprint density at radius 2 is 1.97 bits per heavy atom. The van der Waals surface area contributed by atoms with E-state index in [0.717, 1.165) is 5.56 Å². The zero-order valence-electron chi connectivity index (χ0n) is 17.1. The van der Waals surface area contributed by atoms with Gasteiger partial charge in [-0.1, -0.05) is 44.2 Å². The van der Waals surface area contributed by atoms with Crippen LogP contribution in [0.3, 0.4) is 0 Å². The molecule has 1 aliphatic rings. The molecule has 1 saturated heterocycles. The van der Waals surface area contributed by atoms with Crippen LogP contribution in [0.25, 0.3) is 0 Å². The molecule has 0 aromatic heterocycles. The molecule has 29 heavy (non-hydrogen) atoms. The first kappa shape index (κ1) is 22.7. The van der Waals surface area contributed by atoms with Crippen LogP contribution in [0.15, 0.2) is 30.3 Å². The Balaban J connectivity index is 2.22. The van der Waals surface area contributed by atoms with Crippen LogP contribution in [-0.4, -0.2) is 59.3 Å². The van der Waals surface area contributed by atoms with Crippen molar-refractivity contribution in [2.24, 2.45) is 11.7 Å². The number of ether oxygens (including phenoxy) is 1.